The largest absolute Gasteiger partial charge is 0.471 e. The zero-order valence-electron chi connectivity index (χ0n) is 20.7. The highest BCUT2D eigenvalue weighted by atomic mass is 35.5. The van der Waals surface area contributed by atoms with Gasteiger partial charge in [0.15, 0.2) is 5.82 Å². The molecule has 3 aliphatic heterocycles. The third kappa shape index (κ3) is 3.70. The van der Waals surface area contributed by atoms with E-state index in [0.717, 1.165) is 5.56 Å². The van der Waals surface area contributed by atoms with Gasteiger partial charge in [0.2, 0.25) is 11.8 Å². The van der Waals surface area contributed by atoms with Gasteiger partial charge in [-0.2, -0.15) is 0 Å². The quantitative estimate of drug-likeness (QED) is 0.511. The third-order valence-electron chi connectivity index (χ3n) is 7.34. The molecule has 3 aromatic rings. The summed E-state index contributed by atoms with van der Waals surface area (Å²) in [5, 5.41) is 10.2. The Morgan fingerprint density at radius 2 is 2.11 bits per heavy atom. The average molecular weight is 538 g/mol. The van der Waals surface area contributed by atoms with Crippen LogP contribution in [0.1, 0.15) is 12.0 Å². The van der Waals surface area contributed by atoms with Crippen LogP contribution < -0.4 is 14.5 Å². The summed E-state index contributed by atoms with van der Waals surface area (Å²) in [5.74, 6) is -0.952. The van der Waals surface area contributed by atoms with Gasteiger partial charge in [-0.05, 0) is 30.7 Å². The highest BCUT2D eigenvalue weighted by Gasteiger charge is 2.47. The number of halogens is 2. The first-order chi connectivity index (χ1) is 18.3. The van der Waals surface area contributed by atoms with Crippen LogP contribution in [0.2, 0.25) is 5.02 Å². The molecular formula is C27H25ClFN5O4. The first-order valence-corrected chi connectivity index (χ1v) is 12.7. The predicted molar refractivity (Wildman–Crippen MR) is 141 cm³/mol. The lowest BCUT2D eigenvalue weighted by Crippen LogP contribution is -2.65. The van der Waals surface area contributed by atoms with Crippen LogP contribution in [-0.2, 0) is 9.59 Å². The van der Waals surface area contributed by atoms with E-state index in [1.54, 1.807) is 34.3 Å². The minimum atomic E-state index is -0.686. The number of benzene rings is 1. The molecule has 196 valence electrons. The molecule has 2 atom stereocenters. The Hall–Kier alpha value is -3.76. The molecule has 1 fully saturated rings. The number of fused-ring (bicyclic) bond motifs is 4. The summed E-state index contributed by atoms with van der Waals surface area (Å²) in [4.78, 5) is 40.0. The predicted octanol–water partition coefficient (Wildman–Crippen LogP) is 3.09. The molecule has 38 heavy (non-hydrogen) atoms. The number of amides is 2. The van der Waals surface area contributed by atoms with Crippen molar-refractivity contribution in [2.75, 3.05) is 42.6 Å². The summed E-state index contributed by atoms with van der Waals surface area (Å²) in [6.45, 7) is 6.36. The van der Waals surface area contributed by atoms with Gasteiger partial charge in [-0.25, -0.2) is 9.37 Å². The van der Waals surface area contributed by atoms with Gasteiger partial charge in [-0.3, -0.25) is 14.6 Å². The normalized spacial score (nSPS) is 20.2. The monoisotopic (exact) mass is 537 g/mol. The number of ether oxygens (including phenoxy) is 1. The summed E-state index contributed by atoms with van der Waals surface area (Å²) in [6, 6.07) is 2.78. The van der Waals surface area contributed by atoms with Crippen LogP contribution in [-0.4, -0.2) is 76.7 Å². The third-order valence-corrected chi connectivity index (χ3v) is 7.64. The molecule has 0 saturated carbocycles. The lowest BCUT2D eigenvalue weighted by Gasteiger charge is -2.50. The number of aryl methyl sites for hydroxylation is 1. The van der Waals surface area contributed by atoms with Crippen molar-refractivity contribution in [1.82, 2.24) is 14.9 Å². The summed E-state index contributed by atoms with van der Waals surface area (Å²) < 4.78 is 22.4. The van der Waals surface area contributed by atoms with E-state index in [1.165, 1.54) is 6.08 Å². The Balaban J connectivity index is 1.59. The standard InChI is InChI=1S/C27H25ClFN5O4/c1-3-20(36)32-5-6-33-19(13-32)27(37)34-12-16(4-7-35)38-26-25(34)24(33)17-9-18(28)21(22(29)23(17)31-26)15-8-14(2)10-30-11-15/h3,8-11,16,19,35H,1,4-7,12-13H2,2H3/t16-,19+/m0/s1. The average Bonchev–Trinajstić information content (AvgIpc) is 2.90. The molecule has 11 heteroatoms. The van der Waals surface area contributed by atoms with E-state index in [9.17, 15) is 14.7 Å². The van der Waals surface area contributed by atoms with Crippen molar-refractivity contribution in [3.05, 3.63) is 53.6 Å². The maximum atomic E-state index is 16.3. The number of pyridine rings is 2. The number of nitrogens with zero attached hydrogens (tertiary/aromatic N) is 5. The van der Waals surface area contributed by atoms with Gasteiger partial charge < -0.3 is 24.5 Å². The fourth-order valence-electron chi connectivity index (χ4n) is 5.61. The van der Waals surface area contributed by atoms with Gasteiger partial charge in [0.1, 0.15) is 23.3 Å². The number of piperazine rings is 1. The number of aliphatic hydroxyl groups is 1. The van der Waals surface area contributed by atoms with Crippen LogP contribution in [0.25, 0.3) is 22.0 Å². The van der Waals surface area contributed by atoms with Crippen LogP contribution in [0.5, 0.6) is 5.88 Å². The SMILES string of the molecule is C=CC(=O)N1CCN2c3c4c(nc5c(F)c(-c6cncc(C)c6)c(Cl)cc35)O[C@@H](CCO)CN4C(=O)[C@H]2C1. The van der Waals surface area contributed by atoms with Crippen molar-refractivity contribution in [3.63, 3.8) is 0 Å². The summed E-state index contributed by atoms with van der Waals surface area (Å²) in [5.41, 5.74) is 2.66. The number of aromatic nitrogens is 2. The molecule has 1 N–H and O–H groups in total. The summed E-state index contributed by atoms with van der Waals surface area (Å²) in [6.07, 6.45) is 4.21. The van der Waals surface area contributed by atoms with Crippen molar-refractivity contribution < 1.29 is 23.8 Å². The lowest BCUT2D eigenvalue weighted by atomic mass is 9.96. The molecule has 0 unspecified atom stereocenters. The Labute approximate surface area is 223 Å². The van der Waals surface area contributed by atoms with Crippen LogP contribution in [0, 0.1) is 12.7 Å². The van der Waals surface area contributed by atoms with Gasteiger partial charge in [0.25, 0.3) is 5.91 Å². The van der Waals surface area contributed by atoms with Crippen molar-refractivity contribution >= 4 is 45.7 Å². The molecule has 0 radical (unpaired) electrons. The van der Waals surface area contributed by atoms with Crippen molar-refractivity contribution in [2.24, 2.45) is 0 Å². The van der Waals surface area contributed by atoms with E-state index < -0.39 is 18.0 Å². The minimum Gasteiger partial charge on any atom is -0.471 e. The highest BCUT2D eigenvalue weighted by molar-refractivity contribution is 6.34. The Kier molecular flexibility index (Phi) is 5.96. The number of hydrogen-bond acceptors (Lipinski definition) is 7. The number of hydrogen-bond donors (Lipinski definition) is 1. The minimum absolute atomic E-state index is 0.0574. The maximum Gasteiger partial charge on any atom is 0.251 e. The number of carbonyl (C=O) groups excluding carboxylic acids is 2. The van der Waals surface area contributed by atoms with Crippen LogP contribution in [0.3, 0.4) is 0 Å². The molecule has 3 aliphatic rings. The molecule has 2 aromatic heterocycles. The van der Waals surface area contributed by atoms with Gasteiger partial charge in [-0.15, -0.1) is 0 Å². The molecule has 0 spiro atoms. The van der Waals surface area contributed by atoms with E-state index >= 15 is 4.39 Å². The molecule has 6 rings (SSSR count). The molecule has 1 saturated heterocycles. The number of rotatable bonds is 4. The van der Waals surface area contributed by atoms with E-state index in [4.69, 9.17) is 16.3 Å². The fraction of sp³-hybridized carbons (Fsp3) is 0.333. The molecular weight excluding hydrogens is 513 g/mol. The second-order valence-electron chi connectivity index (χ2n) is 9.71. The Bertz CT molecular complexity index is 1510. The van der Waals surface area contributed by atoms with E-state index in [0.29, 0.717) is 35.4 Å². The number of anilines is 2. The second kappa shape index (κ2) is 9.21. The van der Waals surface area contributed by atoms with Crippen LogP contribution >= 0.6 is 11.6 Å². The number of aliphatic hydroxyl groups excluding tert-OH is 1. The van der Waals surface area contributed by atoms with Gasteiger partial charge in [0.05, 0.1) is 23.8 Å². The zero-order chi connectivity index (χ0) is 26.7. The van der Waals surface area contributed by atoms with Gasteiger partial charge in [0, 0.05) is 55.0 Å². The maximum absolute atomic E-state index is 16.3. The number of carbonyl (C=O) groups is 2. The van der Waals surface area contributed by atoms with Gasteiger partial charge in [-0.1, -0.05) is 18.2 Å². The lowest BCUT2D eigenvalue weighted by molar-refractivity contribution is -0.128. The Morgan fingerprint density at radius 3 is 2.84 bits per heavy atom. The van der Waals surface area contributed by atoms with Crippen LogP contribution in [0.4, 0.5) is 15.8 Å². The van der Waals surface area contributed by atoms with E-state index in [2.05, 4.69) is 16.5 Å². The topological polar surface area (TPSA) is 99.1 Å². The first-order valence-electron chi connectivity index (χ1n) is 12.4. The van der Waals surface area contributed by atoms with Gasteiger partial charge >= 0.3 is 0 Å². The highest BCUT2D eigenvalue weighted by Crippen LogP contribution is 2.51. The Morgan fingerprint density at radius 1 is 1.29 bits per heavy atom. The summed E-state index contributed by atoms with van der Waals surface area (Å²) in [7, 11) is 0. The molecule has 0 aliphatic carbocycles. The fourth-order valence-corrected chi connectivity index (χ4v) is 5.91. The van der Waals surface area contributed by atoms with E-state index in [-0.39, 0.29) is 59.9 Å². The molecule has 1 aromatic carbocycles. The van der Waals surface area contributed by atoms with Crippen molar-refractivity contribution in [1.29, 1.82) is 0 Å². The smallest absolute Gasteiger partial charge is 0.251 e. The molecule has 2 amide bonds. The second-order valence-corrected chi connectivity index (χ2v) is 10.1. The summed E-state index contributed by atoms with van der Waals surface area (Å²) >= 11 is 6.70. The van der Waals surface area contributed by atoms with E-state index in [1.807, 2.05) is 11.8 Å². The van der Waals surface area contributed by atoms with Crippen LogP contribution in [0.15, 0.2) is 37.2 Å². The van der Waals surface area contributed by atoms with Crippen molar-refractivity contribution in [3.8, 4) is 17.0 Å². The van der Waals surface area contributed by atoms with Crippen molar-refractivity contribution in [2.45, 2.75) is 25.5 Å². The first kappa shape index (κ1) is 24.6. The molecule has 9 nitrogen and oxygen atoms in total. The zero-order valence-corrected chi connectivity index (χ0v) is 21.4. The molecule has 5 heterocycles. The molecule has 0 bridgehead atoms.